The van der Waals surface area contributed by atoms with E-state index in [1.807, 2.05) is 0 Å². The number of hydrogen-bond acceptors (Lipinski definition) is 1. The van der Waals surface area contributed by atoms with Crippen molar-refractivity contribution in [2.75, 3.05) is 0 Å². The average molecular weight is 260 g/mol. The summed E-state index contributed by atoms with van der Waals surface area (Å²) in [5, 5.41) is 11.1. The van der Waals surface area contributed by atoms with E-state index in [2.05, 4.69) is 53.7 Å². The fraction of sp³-hybridized carbons (Fsp3) is 0.667. The van der Waals surface area contributed by atoms with Crippen molar-refractivity contribution >= 4 is 0 Å². The second kappa shape index (κ2) is 4.63. The van der Waals surface area contributed by atoms with Crippen molar-refractivity contribution in [2.24, 2.45) is 11.3 Å². The Hall–Kier alpha value is -0.820. The maximum atomic E-state index is 11.1. The molecule has 1 aromatic carbocycles. The Morgan fingerprint density at radius 3 is 2.11 bits per heavy atom. The van der Waals surface area contributed by atoms with Gasteiger partial charge in [-0.15, -0.1) is 0 Å². The zero-order valence-electron chi connectivity index (χ0n) is 13.3. The van der Waals surface area contributed by atoms with Gasteiger partial charge in [0.15, 0.2) is 0 Å². The fourth-order valence-electron chi connectivity index (χ4n) is 4.13. The van der Waals surface area contributed by atoms with E-state index in [4.69, 9.17) is 0 Å². The van der Waals surface area contributed by atoms with Crippen molar-refractivity contribution < 1.29 is 5.11 Å². The molecule has 0 aliphatic heterocycles. The van der Waals surface area contributed by atoms with Crippen LogP contribution >= 0.6 is 0 Å². The van der Waals surface area contributed by atoms with Gasteiger partial charge in [0, 0.05) is 6.42 Å². The minimum Gasteiger partial charge on any atom is -0.389 e. The van der Waals surface area contributed by atoms with Crippen LogP contribution in [0, 0.1) is 32.1 Å². The van der Waals surface area contributed by atoms with Crippen LogP contribution in [0.15, 0.2) is 12.1 Å². The highest BCUT2D eigenvalue weighted by Crippen LogP contribution is 2.49. The third-order valence-electron chi connectivity index (χ3n) is 4.88. The summed E-state index contributed by atoms with van der Waals surface area (Å²) in [6, 6.07) is 4.47. The first kappa shape index (κ1) is 14.6. The van der Waals surface area contributed by atoms with Crippen LogP contribution in [-0.4, -0.2) is 10.7 Å². The van der Waals surface area contributed by atoms with Gasteiger partial charge in [0.05, 0.1) is 5.60 Å². The number of hydrogen-bond donors (Lipinski definition) is 1. The van der Waals surface area contributed by atoms with Crippen molar-refractivity contribution in [1.82, 2.24) is 0 Å². The maximum absolute atomic E-state index is 11.1. The molecule has 0 aromatic heterocycles. The topological polar surface area (TPSA) is 20.2 Å². The summed E-state index contributed by atoms with van der Waals surface area (Å²) in [5.74, 6) is 0.377. The maximum Gasteiger partial charge on any atom is 0.0718 e. The van der Waals surface area contributed by atoms with Crippen LogP contribution in [-0.2, 0) is 6.42 Å². The molecule has 1 saturated carbocycles. The smallest absolute Gasteiger partial charge is 0.0718 e. The molecular weight excluding hydrogens is 232 g/mol. The minimum absolute atomic E-state index is 0.265. The molecule has 0 spiro atoms. The largest absolute Gasteiger partial charge is 0.389 e. The predicted octanol–water partition coefficient (Wildman–Crippen LogP) is 4.34. The standard InChI is InChI=1S/C18H28O/c1-12-7-13(2)16(14(3)8-12)10-18(19)11-17(5,6)9-15(18)4/h7-8,15,19H,9-11H2,1-6H3. The zero-order valence-corrected chi connectivity index (χ0v) is 13.3. The molecule has 1 fully saturated rings. The van der Waals surface area contributed by atoms with E-state index in [0.717, 1.165) is 19.3 Å². The van der Waals surface area contributed by atoms with Gasteiger partial charge in [0.2, 0.25) is 0 Å². The highest BCUT2D eigenvalue weighted by Gasteiger charge is 2.47. The lowest BCUT2D eigenvalue weighted by Crippen LogP contribution is -2.35. The first-order valence-electron chi connectivity index (χ1n) is 7.42. The molecule has 0 saturated heterocycles. The lowest BCUT2D eigenvalue weighted by atomic mass is 9.82. The molecule has 0 radical (unpaired) electrons. The molecule has 2 rings (SSSR count). The van der Waals surface area contributed by atoms with Crippen LogP contribution in [0.1, 0.15) is 55.9 Å². The molecule has 1 aliphatic rings. The molecule has 2 atom stereocenters. The van der Waals surface area contributed by atoms with Crippen LogP contribution in [0.3, 0.4) is 0 Å². The Balaban J connectivity index is 2.31. The van der Waals surface area contributed by atoms with Gasteiger partial charge in [-0.25, -0.2) is 0 Å². The molecule has 19 heavy (non-hydrogen) atoms. The molecule has 1 aromatic rings. The van der Waals surface area contributed by atoms with Crippen molar-refractivity contribution in [3.05, 3.63) is 34.4 Å². The Kier molecular flexibility index (Phi) is 3.55. The van der Waals surface area contributed by atoms with Gasteiger partial charge in [-0.3, -0.25) is 0 Å². The van der Waals surface area contributed by atoms with Gasteiger partial charge in [-0.05, 0) is 61.6 Å². The average Bonchev–Trinajstić information content (AvgIpc) is 2.41. The molecule has 0 bridgehead atoms. The summed E-state index contributed by atoms with van der Waals surface area (Å²) in [6.07, 6.45) is 2.83. The minimum atomic E-state index is -0.533. The summed E-state index contributed by atoms with van der Waals surface area (Å²) in [6.45, 7) is 13.2. The van der Waals surface area contributed by atoms with Crippen LogP contribution in [0.2, 0.25) is 0 Å². The van der Waals surface area contributed by atoms with Gasteiger partial charge in [-0.2, -0.15) is 0 Å². The predicted molar refractivity (Wildman–Crippen MR) is 81.5 cm³/mol. The molecule has 0 amide bonds. The van der Waals surface area contributed by atoms with E-state index < -0.39 is 5.60 Å². The first-order chi connectivity index (χ1) is 8.63. The quantitative estimate of drug-likeness (QED) is 0.838. The number of benzene rings is 1. The van der Waals surface area contributed by atoms with Gasteiger partial charge < -0.3 is 5.11 Å². The summed E-state index contributed by atoms with van der Waals surface area (Å²) in [5.41, 5.74) is 5.03. The van der Waals surface area contributed by atoms with Crippen molar-refractivity contribution in [3.63, 3.8) is 0 Å². The second-order valence-corrected chi connectivity index (χ2v) is 7.60. The van der Waals surface area contributed by atoms with E-state index in [-0.39, 0.29) is 5.41 Å². The van der Waals surface area contributed by atoms with Gasteiger partial charge in [0.1, 0.15) is 0 Å². The lowest BCUT2D eigenvalue weighted by Gasteiger charge is -2.30. The third kappa shape index (κ3) is 2.86. The molecule has 1 aliphatic carbocycles. The SMILES string of the molecule is Cc1cc(C)c(CC2(O)CC(C)(C)CC2C)c(C)c1. The normalized spacial score (nSPS) is 29.7. The number of aryl methyl sites for hydroxylation is 3. The van der Waals surface area contributed by atoms with Crippen LogP contribution < -0.4 is 0 Å². The Morgan fingerprint density at radius 2 is 1.68 bits per heavy atom. The van der Waals surface area contributed by atoms with E-state index in [1.54, 1.807) is 0 Å². The molecule has 1 N–H and O–H groups in total. The fourth-order valence-corrected chi connectivity index (χ4v) is 4.13. The zero-order chi connectivity index (χ0) is 14.4. The molecule has 2 unspecified atom stereocenters. The Labute approximate surface area is 118 Å². The van der Waals surface area contributed by atoms with E-state index >= 15 is 0 Å². The molecule has 1 nitrogen and oxygen atoms in total. The molecule has 1 heteroatoms. The Morgan fingerprint density at radius 1 is 1.16 bits per heavy atom. The number of rotatable bonds is 2. The summed E-state index contributed by atoms with van der Waals surface area (Å²) >= 11 is 0. The summed E-state index contributed by atoms with van der Waals surface area (Å²) < 4.78 is 0. The highest BCUT2D eigenvalue weighted by atomic mass is 16.3. The van der Waals surface area contributed by atoms with Crippen LogP contribution in [0.4, 0.5) is 0 Å². The van der Waals surface area contributed by atoms with Crippen LogP contribution in [0.5, 0.6) is 0 Å². The number of aliphatic hydroxyl groups is 1. The van der Waals surface area contributed by atoms with Gasteiger partial charge >= 0.3 is 0 Å². The Bertz CT molecular complexity index is 463. The van der Waals surface area contributed by atoms with Crippen molar-refractivity contribution in [1.29, 1.82) is 0 Å². The van der Waals surface area contributed by atoms with Crippen molar-refractivity contribution in [2.45, 2.75) is 66.4 Å². The monoisotopic (exact) mass is 260 g/mol. The molecular formula is C18H28O. The second-order valence-electron chi connectivity index (χ2n) is 7.60. The van der Waals surface area contributed by atoms with Crippen molar-refractivity contribution in [3.8, 4) is 0 Å². The van der Waals surface area contributed by atoms with E-state index in [1.165, 1.54) is 22.3 Å². The summed E-state index contributed by atoms with van der Waals surface area (Å²) in [4.78, 5) is 0. The van der Waals surface area contributed by atoms with Crippen LogP contribution in [0.25, 0.3) is 0 Å². The highest BCUT2D eigenvalue weighted by molar-refractivity contribution is 5.38. The van der Waals surface area contributed by atoms with Gasteiger partial charge in [0.25, 0.3) is 0 Å². The first-order valence-corrected chi connectivity index (χ1v) is 7.42. The summed E-state index contributed by atoms with van der Waals surface area (Å²) in [7, 11) is 0. The van der Waals surface area contributed by atoms with Gasteiger partial charge in [-0.1, -0.05) is 38.5 Å². The lowest BCUT2D eigenvalue weighted by molar-refractivity contribution is 0.00418. The van der Waals surface area contributed by atoms with E-state index in [9.17, 15) is 5.11 Å². The molecule has 0 heterocycles. The molecule has 106 valence electrons. The third-order valence-corrected chi connectivity index (χ3v) is 4.88. The van der Waals surface area contributed by atoms with E-state index in [0.29, 0.717) is 5.92 Å².